The van der Waals surface area contributed by atoms with Crippen molar-refractivity contribution in [3.8, 4) is 5.75 Å². The number of ketones is 1. The van der Waals surface area contributed by atoms with Crippen LogP contribution in [-0.4, -0.2) is 21.7 Å². The number of benzene rings is 2. The number of carbonyl (C=O) groups is 2. The Balaban J connectivity index is 1.92. The summed E-state index contributed by atoms with van der Waals surface area (Å²) in [5, 5.41) is 4.75. The highest BCUT2D eigenvalue weighted by Gasteiger charge is 2.26. The van der Waals surface area contributed by atoms with Crippen molar-refractivity contribution in [3.63, 3.8) is 0 Å². The Bertz CT molecular complexity index is 985. The van der Waals surface area contributed by atoms with Gasteiger partial charge in [-0.2, -0.15) is 0 Å². The fraction of sp³-hybridized carbons (Fsp3) is 0.286. The molecule has 0 amide bonds. The van der Waals surface area contributed by atoms with Crippen molar-refractivity contribution < 1.29 is 19.2 Å². The van der Waals surface area contributed by atoms with E-state index in [1.54, 1.807) is 39.0 Å². The van der Waals surface area contributed by atoms with Crippen molar-refractivity contribution in [2.75, 3.05) is 0 Å². The van der Waals surface area contributed by atoms with E-state index in [-0.39, 0.29) is 11.5 Å². The Labute approximate surface area is 157 Å². The van der Waals surface area contributed by atoms with Crippen LogP contribution in [0.2, 0.25) is 0 Å². The maximum atomic E-state index is 12.2. The summed E-state index contributed by atoms with van der Waals surface area (Å²) in [6.45, 7) is 7.09. The summed E-state index contributed by atoms with van der Waals surface area (Å²) in [6.07, 6.45) is 0. The molecular weight excluding hydrogens is 344 g/mol. The zero-order valence-corrected chi connectivity index (χ0v) is 15.9. The van der Waals surface area contributed by atoms with E-state index in [1.807, 2.05) is 30.3 Å². The van der Waals surface area contributed by atoms with Crippen molar-refractivity contribution in [2.45, 2.75) is 34.3 Å². The van der Waals surface area contributed by atoms with Crippen LogP contribution in [0.25, 0.3) is 10.9 Å². The molecule has 0 aliphatic rings. The van der Waals surface area contributed by atoms with Crippen LogP contribution in [0.5, 0.6) is 5.75 Å². The molecule has 6 heteroatoms. The number of aromatic nitrogens is 2. The molecule has 0 aliphatic heterocycles. The summed E-state index contributed by atoms with van der Waals surface area (Å²) >= 11 is 0. The first-order valence-electron chi connectivity index (χ1n) is 8.69. The minimum absolute atomic E-state index is 0.217. The van der Waals surface area contributed by atoms with Crippen molar-refractivity contribution in [3.05, 3.63) is 59.8 Å². The summed E-state index contributed by atoms with van der Waals surface area (Å²) in [4.78, 5) is 30.7. The van der Waals surface area contributed by atoms with Gasteiger partial charge in [-0.3, -0.25) is 4.79 Å². The zero-order chi connectivity index (χ0) is 19.6. The standard InChI is InChI=1S/C21H22N2O4/c1-14(24)19-17-12-16(26-13-15-8-6-5-7-9-15)10-11-18(17)23(22-19)27-20(25)21(2,3)4/h5-12H,13H2,1-4H3. The van der Waals surface area contributed by atoms with Crippen molar-refractivity contribution >= 4 is 22.7 Å². The number of rotatable bonds is 5. The minimum Gasteiger partial charge on any atom is -0.489 e. The Morgan fingerprint density at radius 2 is 1.78 bits per heavy atom. The maximum absolute atomic E-state index is 12.2. The third-order valence-electron chi connectivity index (χ3n) is 3.98. The second kappa shape index (κ2) is 7.23. The van der Waals surface area contributed by atoms with E-state index in [0.717, 1.165) is 10.4 Å². The van der Waals surface area contributed by atoms with Gasteiger partial charge in [-0.05, 0) is 44.5 Å². The molecule has 140 valence electrons. The van der Waals surface area contributed by atoms with E-state index >= 15 is 0 Å². The molecule has 0 radical (unpaired) electrons. The smallest absolute Gasteiger partial charge is 0.340 e. The molecular formula is C21H22N2O4. The topological polar surface area (TPSA) is 70.4 Å². The first kappa shape index (κ1) is 18.6. The van der Waals surface area contributed by atoms with E-state index < -0.39 is 11.4 Å². The van der Waals surface area contributed by atoms with Gasteiger partial charge in [0.2, 0.25) is 0 Å². The lowest BCUT2D eigenvalue weighted by Crippen LogP contribution is -2.32. The molecule has 0 aliphatic carbocycles. The molecule has 0 saturated carbocycles. The van der Waals surface area contributed by atoms with Crippen molar-refractivity contribution in [2.24, 2.45) is 5.41 Å². The van der Waals surface area contributed by atoms with Crippen LogP contribution in [0.4, 0.5) is 0 Å². The highest BCUT2D eigenvalue weighted by molar-refractivity contribution is 6.05. The lowest BCUT2D eigenvalue weighted by atomic mass is 9.98. The molecule has 2 aromatic carbocycles. The van der Waals surface area contributed by atoms with Crippen LogP contribution in [0.3, 0.4) is 0 Å². The fourth-order valence-corrected chi connectivity index (χ4v) is 2.45. The van der Waals surface area contributed by atoms with E-state index in [0.29, 0.717) is 23.3 Å². The molecule has 0 saturated heterocycles. The molecule has 1 aromatic heterocycles. The maximum Gasteiger partial charge on any atom is 0.340 e. The second-order valence-electron chi connectivity index (χ2n) is 7.36. The van der Waals surface area contributed by atoms with Crippen LogP contribution in [0, 0.1) is 5.41 Å². The predicted octanol–water partition coefficient (Wildman–Crippen LogP) is 3.82. The van der Waals surface area contributed by atoms with Gasteiger partial charge >= 0.3 is 5.97 Å². The lowest BCUT2D eigenvalue weighted by molar-refractivity contribution is -0.154. The number of nitrogens with zero attached hydrogens (tertiary/aromatic N) is 2. The van der Waals surface area contributed by atoms with Gasteiger partial charge in [-0.1, -0.05) is 35.2 Å². The van der Waals surface area contributed by atoms with Crippen molar-refractivity contribution in [1.29, 1.82) is 0 Å². The quantitative estimate of drug-likeness (QED) is 0.642. The molecule has 0 spiro atoms. The van der Waals surface area contributed by atoms with Gasteiger partial charge in [0.25, 0.3) is 0 Å². The fourth-order valence-electron chi connectivity index (χ4n) is 2.45. The van der Waals surface area contributed by atoms with Gasteiger partial charge in [-0.15, -0.1) is 5.10 Å². The van der Waals surface area contributed by atoms with Crippen LogP contribution < -0.4 is 9.57 Å². The number of hydrogen-bond acceptors (Lipinski definition) is 5. The Morgan fingerprint density at radius 3 is 2.41 bits per heavy atom. The average molecular weight is 366 g/mol. The van der Waals surface area contributed by atoms with Gasteiger partial charge in [-0.25, -0.2) is 4.79 Å². The summed E-state index contributed by atoms with van der Waals surface area (Å²) in [5.74, 6) is -0.0484. The van der Waals surface area contributed by atoms with Crippen molar-refractivity contribution in [1.82, 2.24) is 9.94 Å². The molecule has 3 aromatic rings. The lowest BCUT2D eigenvalue weighted by Gasteiger charge is -2.15. The van der Waals surface area contributed by atoms with Crippen LogP contribution >= 0.6 is 0 Å². The largest absolute Gasteiger partial charge is 0.489 e. The van der Waals surface area contributed by atoms with E-state index in [1.165, 1.54) is 6.92 Å². The minimum atomic E-state index is -0.687. The molecule has 0 bridgehead atoms. The molecule has 1 heterocycles. The third-order valence-corrected chi connectivity index (χ3v) is 3.98. The molecule has 0 atom stereocenters. The van der Waals surface area contributed by atoms with Crippen LogP contribution in [0.1, 0.15) is 43.7 Å². The Kier molecular flexibility index (Phi) is 4.99. The van der Waals surface area contributed by atoms with Gasteiger partial charge in [0.15, 0.2) is 5.78 Å². The average Bonchev–Trinajstić information content (AvgIpc) is 2.98. The highest BCUT2D eigenvalue weighted by atomic mass is 16.7. The summed E-state index contributed by atoms with van der Waals surface area (Å²) in [5.41, 5.74) is 1.12. The summed E-state index contributed by atoms with van der Waals surface area (Å²) in [7, 11) is 0. The monoisotopic (exact) mass is 366 g/mol. The number of fused-ring (bicyclic) bond motifs is 1. The molecule has 0 N–H and O–H groups in total. The van der Waals surface area contributed by atoms with E-state index in [9.17, 15) is 9.59 Å². The van der Waals surface area contributed by atoms with Gasteiger partial charge in [0.05, 0.1) is 5.41 Å². The number of Topliss-reactive ketones (excluding diaryl/α,β-unsaturated/α-hetero) is 1. The van der Waals surface area contributed by atoms with Gasteiger partial charge in [0.1, 0.15) is 23.6 Å². The summed E-state index contributed by atoms with van der Waals surface area (Å²) in [6, 6.07) is 15.0. The highest BCUT2D eigenvalue weighted by Crippen LogP contribution is 2.25. The second-order valence-corrected chi connectivity index (χ2v) is 7.36. The van der Waals surface area contributed by atoms with E-state index in [4.69, 9.17) is 9.57 Å². The normalized spacial score (nSPS) is 11.4. The molecule has 27 heavy (non-hydrogen) atoms. The Hall–Kier alpha value is -3.15. The Morgan fingerprint density at radius 1 is 1.07 bits per heavy atom. The molecule has 3 rings (SSSR count). The molecule has 0 unspecified atom stereocenters. The van der Waals surface area contributed by atoms with E-state index in [2.05, 4.69) is 5.10 Å². The number of hydrogen-bond donors (Lipinski definition) is 0. The third kappa shape index (κ3) is 4.16. The van der Waals surface area contributed by atoms with Crippen LogP contribution in [0.15, 0.2) is 48.5 Å². The molecule has 6 nitrogen and oxygen atoms in total. The predicted molar refractivity (Wildman–Crippen MR) is 102 cm³/mol. The van der Waals surface area contributed by atoms with Gasteiger partial charge < -0.3 is 9.57 Å². The first-order chi connectivity index (χ1) is 12.8. The SMILES string of the molecule is CC(=O)c1nn(OC(=O)C(C)(C)C)c2ccc(OCc3ccccc3)cc12. The molecule has 0 fully saturated rings. The zero-order valence-electron chi connectivity index (χ0n) is 15.9. The van der Waals surface area contributed by atoms with Crippen LogP contribution in [-0.2, 0) is 11.4 Å². The number of carbonyl (C=O) groups excluding carboxylic acids is 2. The van der Waals surface area contributed by atoms with Gasteiger partial charge in [0, 0.05) is 12.3 Å². The number of ether oxygens (including phenoxy) is 1. The first-order valence-corrected chi connectivity index (χ1v) is 8.69. The summed E-state index contributed by atoms with van der Waals surface area (Å²) < 4.78 is 5.82.